The predicted octanol–water partition coefficient (Wildman–Crippen LogP) is 3.20. The van der Waals surface area contributed by atoms with E-state index in [0.29, 0.717) is 12.2 Å². The van der Waals surface area contributed by atoms with Crippen LogP contribution in [0, 0.1) is 6.92 Å². The summed E-state index contributed by atoms with van der Waals surface area (Å²) in [7, 11) is 1.75. The number of hydrogen-bond acceptors (Lipinski definition) is 5. The van der Waals surface area contributed by atoms with Crippen LogP contribution < -0.4 is 16.0 Å². The molecule has 3 aromatic rings. The van der Waals surface area contributed by atoms with Crippen LogP contribution >= 0.6 is 11.3 Å². The number of carbonyl (C=O) groups is 1. The predicted molar refractivity (Wildman–Crippen MR) is 112 cm³/mol. The summed E-state index contributed by atoms with van der Waals surface area (Å²) in [5.74, 6) is 0.757. The smallest absolute Gasteiger partial charge is 0.291 e. The third kappa shape index (κ3) is 5.68. The lowest BCUT2D eigenvalue weighted by Gasteiger charge is -2.12. The quantitative estimate of drug-likeness (QED) is 0.421. The molecular formula is C20H23N5O2S. The van der Waals surface area contributed by atoms with Gasteiger partial charge in [0.15, 0.2) is 11.7 Å². The number of benzene rings is 1. The molecule has 8 heteroatoms. The van der Waals surface area contributed by atoms with E-state index in [1.807, 2.05) is 30.5 Å². The molecule has 0 saturated heterocycles. The van der Waals surface area contributed by atoms with E-state index in [-0.39, 0.29) is 11.7 Å². The summed E-state index contributed by atoms with van der Waals surface area (Å²) in [6.45, 7) is 3.45. The molecule has 2 heterocycles. The molecule has 2 aromatic heterocycles. The summed E-state index contributed by atoms with van der Waals surface area (Å²) >= 11 is 1.71. The molecule has 7 nitrogen and oxygen atoms in total. The molecule has 146 valence electrons. The zero-order valence-electron chi connectivity index (χ0n) is 15.9. The maximum atomic E-state index is 12.0. The van der Waals surface area contributed by atoms with E-state index >= 15 is 0 Å². The van der Waals surface area contributed by atoms with E-state index < -0.39 is 0 Å². The fourth-order valence-electron chi connectivity index (χ4n) is 2.52. The van der Waals surface area contributed by atoms with Crippen LogP contribution in [-0.2, 0) is 13.0 Å². The van der Waals surface area contributed by atoms with Crippen molar-refractivity contribution in [1.29, 1.82) is 0 Å². The van der Waals surface area contributed by atoms with Crippen LogP contribution in [-0.4, -0.2) is 30.4 Å². The molecule has 3 rings (SSSR count). The zero-order valence-corrected chi connectivity index (χ0v) is 16.7. The molecule has 0 aliphatic heterocycles. The van der Waals surface area contributed by atoms with Crippen molar-refractivity contribution in [3.8, 4) is 0 Å². The van der Waals surface area contributed by atoms with E-state index in [1.165, 1.54) is 11.1 Å². The Morgan fingerprint density at radius 3 is 2.68 bits per heavy atom. The zero-order chi connectivity index (χ0) is 19.8. The van der Waals surface area contributed by atoms with Gasteiger partial charge in [0.05, 0.1) is 11.3 Å². The topological polar surface area (TPSA) is 91.5 Å². The van der Waals surface area contributed by atoms with Crippen molar-refractivity contribution in [3.63, 3.8) is 0 Å². The van der Waals surface area contributed by atoms with Gasteiger partial charge < -0.3 is 20.4 Å². The molecule has 28 heavy (non-hydrogen) atoms. The second-order valence-electron chi connectivity index (χ2n) is 6.10. The summed E-state index contributed by atoms with van der Waals surface area (Å²) < 4.78 is 5.08. The lowest BCUT2D eigenvalue weighted by Crippen LogP contribution is -2.37. The van der Waals surface area contributed by atoms with Gasteiger partial charge in [-0.25, -0.2) is 4.98 Å². The van der Waals surface area contributed by atoms with Gasteiger partial charge in [-0.1, -0.05) is 12.1 Å². The van der Waals surface area contributed by atoms with Gasteiger partial charge in [-0.3, -0.25) is 9.79 Å². The van der Waals surface area contributed by atoms with Crippen LogP contribution in [0.4, 0.5) is 5.69 Å². The number of aromatic nitrogens is 1. The number of nitrogens with one attached hydrogen (secondary N) is 3. The summed E-state index contributed by atoms with van der Waals surface area (Å²) in [5.41, 5.74) is 1.79. The Kier molecular flexibility index (Phi) is 6.80. The molecule has 1 amide bonds. The average Bonchev–Trinajstić information content (AvgIpc) is 3.37. The van der Waals surface area contributed by atoms with Crippen LogP contribution in [0.3, 0.4) is 0 Å². The number of aryl methyl sites for hydroxylation is 1. The highest BCUT2D eigenvalue weighted by molar-refractivity contribution is 7.11. The fraction of sp³-hybridized carbons (Fsp3) is 0.250. The molecule has 0 spiro atoms. The van der Waals surface area contributed by atoms with Gasteiger partial charge in [-0.2, -0.15) is 0 Å². The van der Waals surface area contributed by atoms with E-state index in [9.17, 15) is 4.79 Å². The first-order valence-electron chi connectivity index (χ1n) is 8.93. The summed E-state index contributed by atoms with van der Waals surface area (Å²) in [6.07, 6.45) is 4.24. The van der Waals surface area contributed by atoms with Gasteiger partial charge in [0.25, 0.3) is 5.91 Å². The van der Waals surface area contributed by atoms with Crippen molar-refractivity contribution in [1.82, 2.24) is 15.6 Å². The summed E-state index contributed by atoms with van der Waals surface area (Å²) in [5, 5.41) is 10.5. The molecular weight excluding hydrogens is 374 g/mol. The first-order valence-corrected chi connectivity index (χ1v) is 9.75. The van der Waals surface area contributed by atoms with Gasteiger partial charge >= 0.3 is 0 Å². The highest BCUT2D eigenvalue weighted by Crippen LogP contribution is 2.12. The van der Waals surface area contributed by atoms with Crippen LogP contribution in [0.15, 0.2) is 58.3 Å². The van der Waals surface area contributed by atoms with Crippen molar-refractivity contribution < 1.29 is 9.21 Å². The van der Waals surface area contributed by atoms with Crippen molar-refractivity contribution in [2.45, 2.75) is 19.9 Å². The van der Waals surface area contributed by atoms with Gasteiger partial charge in [0.2, 0.25) is 0 Å². The summed E-state index contributed by atoms with van der Waals surface area (Å²) in [4.78, 5) is 21.8. The molecule has 0 aliphatic rings. The highest BCUT2D eigenvalue weighted by Gasteiger charge is 2.08. The molecule has 0 unspecified atom stereocenters. The average molecular weight is 398 g/mol. The maximum absolute atomic E-state index is 12.0. The minimum absolute atomic E-state index is 0.268. The number of furan rings is 1. The van der Waals surface area contributed by atoms with E-state index in [0.717, 1.165) is 29.5 Å². The van der Waals surface area contributed by atoms with Crippen LogP contribution in [0.5, 0.6) is 0 Å². The maximum Gasteiger partial charge on any atom is 0.291 e. The van der Waals surface area contributed by atoms with Crippen molar-refractivity contribution in [3.05, 3.63) is 70.1 Å². The van der Waals surface area contributed by atoms with Crippen molar-refractivity contribution in [2.24, 2.45) is 4.99 Å². The number of aliphatic imine (C=N–C) groups is 1. The highest BCUT2D eigenvalue weighted by atomic mass is 32.1. The van der Waals surface area contributed by atoms with Crippen molar-refractivity contribution in [2.75, 3.05) is 18.9 Å². The Morgan fingerprint density at radius 1 is 1.21 bits per heavy atom. The molecule has 1 aromatic carbocycles. The molecule has 0 saturated carbocycles. The van der Waals surface area contributed by atoms with Crippen molar-refractivity contribution >= 4 is 28.9 Å². The fourth-order valence-corrected chi connectivity index (χ4v) is 3.30. The third-order valence-corrected chi connectivity index (χ3v) is 4.91. The van der Waals surface area contributed by atoms with Gasteiger partial charge in [-0.15, -0.1) is 11.3 Å². The van der Waals surface area contributed by atoms with Gasteiger partial charge in [0, 0.05) is 43.3 Å². The number of rotatable bonds is 7. The second kappa shape index (κ2) is 9.70. The Labute approximate surface area is 167 Å². The third-order valence-electron chi connectivity index (χ3n) is 3.94. The number of carbonyl (C=O) groups excluding carboxylic acids is 1. The molecule has 0 fully saturated rings. The lowest BCUT2D eigenvalue weighted by molar-refractivity contribution is 0.0996. The SMILES string of the molecule is CN=C(NCCc1ncc(C)s1)NCc1ccc(NC(=O)c2ccco2)cc1. The van der Waals surface area contributed by atoms with Crippen LogP contribution in [0.2, 0.25) is 0 Å². The first kappa shape index (κ1) is 19.6. The Balaban J connectivity index is 1.43. The van der Waals surface area contributed by atoms with Crippen LogP contribution in [0.25, 0.3) is 0 Å². The monoisotopic (exact) mass is 397 g/mol. The molecule has 0 radical (unpaired) electrons. The number of anilines is 1. The lowest BCUT2D eigenvalue weighted by atomic mass is 10.2. The van der Waals surface area contributed by atoms with E-state index in [4.69, 9.17) is 4.42 Å². The minimum Gasteiger partial charge on any atom is -0.459 e. The molecule has 0 aliphatic carbocycles. The van der Waals surface area contributed by atoms with Gasteiger partial charge in [-0.05, 0) is 36.8 Å². The van der Waals surface area contributed by atoms with Gasteiger partial charge in [0.1, 0.15) is 0 Å². The molecule has 0 atom stereocenters. The number of thiazole rings is 1. The summed E-state index contributed by atoms with van der Waals surface area (Å²) in [6, 6.07) is 10.9. The standard InChI is InChI=1S/C20H23N5O2S/c1-14-12-23-18(28-14)9-10-22-20(21-2)24-13-15-5-7-16(8-6-15)25-19(26)17-4-3-11-27-17/h3-8,11-12H,9-10,13H2,1-2H3,(H,25,26)(H2,21,22,24). The number of amides is 1. The number of nitrogens with zero attached hydrogens (tertiary/aromatic N) is 2. The van der Waals surface area contributed by atoms with Crippen LogP contribution in [0.1, 0.15) is 26.0 Å². The number of hydrogen-bond donors (Lipinski definition) is 3. The first-order chi connectivity index (χ1) is 13.6. The molecule has 0 bridgehead atoms. The molecule has 3 N–H and O–H groups in total. The largest absolute Gasteiger partial charge is 0.459 e. The van der Waals surface area contributed by atoms with E-state index in [1.54, 1.807) is 30.5 Å². The Bertz CT molecular complexity index is 916. The van der Waals surface area contributed by atoms with E-state index in [2.05, 4.69) is 32.9 Å². The normalized spacial score (nSPS) is 11.3. The Morgan fingerprint density at radius 2 is 2.04 bits per heavy atom. The Hall–Kier alpha value is -3.13. The minimum atomic E-state index is -0.268. The second-order valence-corrected chi connectivity index (χ2v) is 7.41. The number of guanidine groups is 1.